The van der Waals surface area contributed by atoms with E-state index in [2.05, 4.69) is 15.5 Å². The van der Waals surface area contributed by atoms with Gasteiger partial charge in [-0.2, -0.15) is 0 Å². The molecule has 28 heavy (non-hydrogen) atoms. The van der Waals surface area contributed by atoms with Gasteiger partial charge in [0.05, 0.1) is 16.0 Å². The normalized spacial score (nSPS) is 11.9. The molecule has 6 nitrogen and oxygen atoms in total. The molecule has 0 radical (unpaired) electrons. The number of Topliss-reactive ketones (excluding diaryl/α,β-unsaturated/α-hetero) is 1. The van der Waals surface area contributed by atoms with Crippen LogP contribution in [0.3, 0.4) is 0 Å². The van der Waals surface area contributed by atoms with E-state index in [1.54, 1.807) is 41.8 Å². The van der Waals surface area contributed by atoms with Gasteiger partial charge in [0.2, 0.25) is 5.91 Å². The molecule has 0 aliphatic carbocycles. The second-order valence-electron chi connectivity index (χ2n) is 6.20. The molecule has 0 aliphatic heterocycles. The first-order chi connectivity index (χ1) is 13.4. The largest absolute Gasteiger partial charge is 0.324 e. The first kappa shape index (κ1) is 20.1. The fourth-order valence-corrected chi connectivity index (χ4v) is 3.67. The van der Waals surface area contributed by atoms with E-state index in [0.29, 0.717) is 27.3 Å². The molecule has 0 aliphatic rings. The summed E-state index contributed by atoms with van der Waals surface area (Å²) in [5.41, 5.74) is 1.76. The summed E-state index contributed by atoms with van der Waals surface area (Å²) in [6, 6.07) is 14.3. The Morgan fingerprint density at radius 3 is 2.50 bits per heavy atom. The van der Waals surface area contributed by atoms with E-state index in [4.69, 9.17) is 11.6 Å². The Hall–Kier alpha value is -2.64. The monoisotopic (exact) mass is 414 g/mol. The molecule has 0 bridgehead atoms. The number of ketones is 1. The second-order valence-corrected chi connectivity index (χ2v) is 7.91. The highest BCUT2D eigenvalue weighted by Gasteiger charge is 2.21. The predicted molar refractivity (Wildman–Crippen MR) is 112 cm³/mol. The number of carbonyl (C=O) groups excluding carboxylic acids is 2. The van der Waals surface area contributed by atoms with E-state index < -0.39 is 5.25 Å². The lowest BCUT2D eigenvalue weighted by molar-refractivity contribution is -0.115. The average molecular weight is 415 g/mol. The van der Waals surface area contributed by atoms with E-state index in [1.807, 2.05) is 25.2 Å². The standard InChI is InChI=1S/C20H19ClN4O2S/c1-12(26)14-8-5-7-11-17(14)22-19(27)13(2)28-20-24-23-18(25(20)3)15-9-4-6-10-16(15)21/h4-11,13H,1-3H3,(H,22,27)/t13-/m1/s1. The Kier molecular flexibility index (Phi) is 6.16. The number of para-hydroxylation sites is 1. The quantitative estimate of drug-likeness (QED) is 0.476. The van der Waals surface area contributed by atoms with Crippen molar-refractivity contribution in [3.8, 4) is 11.4 Å². The number of hydrogen-bond donors (Lipinski definition) is 1. The van der Waals surface area contributed by atoms with E-state index >= 15 is 0 Å². The fourth-order valence-electron chi connectivity index (χ4n) is 2.64. The maximum absolute atomic E-state index is 12.6. The molecule has 0 saturated heterocycles. The molecule has 144 valence electrons. The zero-order chi connectivity index (χ0) is 20.3. The Morgan fingerprint density at radius 1 is 1.11 bits per heavy atom. The molecule has 0 saturated carbocycles. The number of anilines is 1. The predicted octanol–water partition coefficient (Wildman–Crippen LogP) is 4.46. The lowest BCUT2D eigenvalue weighted by Gasteiger charge is -2.13. The van der Waals surface area contributed by atoms with Crippen LogP contribution in [0.15, 0.2) is 53.7 Å². The summed E-state index contributed by atoms with van der Waals surface area (Å²) in [5.74, 6) is 0.303. The van der Waals surface area contributed by atoms with Crippen molar-refractivity contribution in [3.05, 3.63) is 59.1 Å². The number of halogens is 1. The number of thioether (sulfide) groups is 1. The van der Waals surface area contributed by atoms with Gasteiger partial charge in [-0.05, 0) is 38.1 Å². The zero-order valence-corrected chi connectivity index (χ0v) is 17.2. The number of nitrogens with one attached hydrogen (secondary N) is 1. The molecule has 0 spiro atoms. The summed E-state index contributed by atoms with van der Waals surface area (Å²) in [6.45, 7) is 3.25. The average Bonchev–Trinajstić information content (AvgIpc) is 3.02. The summed E-state index contributed by atoms with van der Waals surface area (Å²) in [7, 11) is 1.83. The molecule has 2 aromatic carbocycles. The lowest BCUT2D eigenvalue weighted by atomic mass is 10.1. The maximum atomic E-state index is 12.6. The highest BCUT2D eigenvalue weighted by atomic mass is 35.5. The minimum Gasteiger partial charge on any atom is -0.324 e. The van der Waals surface area contributed by atoms with Crippen LogP contribution in [0.5, 0.6) is 0 Å². The SMILES string of the molecule is CC(=O)c1ccccc1NC(=O)[C@@H](C)Sc1nnc(-c2ccccc2Cl)n1C. The van der Waals surface area contributed by atoms with Gasteiger partial charge in [-0.3, -0.25) is 9.59 Å². The Labute approximate surface area is 172 Å². The van der Waals surface area contributed by atoms with Crippen molar-refractivity contribution in [2.45, 2.75) is 24.3 Å². The van der Waals surface area contributed by atoms with Crippen molar-refractivity contribution in [2.75, 3.05) is 5.32 Å². The van der Waals surface area contributed by atoms with Crippen molar-refractivity contribution >= 4 is 40.7 Å². The number of aromatic nitrogens is 3. The van der Waals surface area contributed by atoms with Crippen molar-refractivity contribution in [2.24, 2.45) is 7.05 Å². The molecule has 0 fully saturated rings. The highest BCUT2D eigenvalue weighted by Crippen LogP contribution is 2.30. The number of carbonyl (C=O) groups is 2. The fraction of sp³-hybridized carbons (Fsp3) is 0.200. The van der Waals surface area contributed by atoms with Crippen LogP contribution in [0, 0.1) is 0 Å². The maximum Gasteiger partial charge on any atom is 0.237 e. The second kappa shape index (κ2) is 8.58. The van der Waals surface area contributed by atoms with Gasteiger partial charge in [0, 0.05) is 18.2 Å². The molecule has 3 aromatic rings. The number of nitrogens with zero attached hydrogens (tertiary/aromatic N) is 3. The Morgan fingerprint density at radius 2 is 1.79 bits per heavy atom. The number of amides is 1. The third kappa shape index (κ3) is 4.26. The van der Waals surface area contributed by atoms with Gasteiger partial charge in [0.15, 0.2) is 16.8 Å². The smallest absolute Gasteiger partial charge is 0.237 e. The van der Waals surface area contributed by atoms with E-state index in [1.165, 1.54) is 18.7 Å². The zero-order valence-electron chi connectivity index (χ0n) is 15.6. The first-order valence-corrected chi connectivity index (χ1v) is 9.86. The van der Waals surface area contributed by atoms with Crippen molar-refractivity contribution in [3.63, 3.8) is 0 Å². The Balaban J connectivity index is 1.75. The van der Waals surface area contributed by atoms with Crippen molar-refractivity contribution < 1.29 is 9.59 Å². The van der Waals surface area contributed by atoms with Gasteiger partial charge in [-0.25, -0.2) is 0 Å². The Bertz CT molecular complexity index is 1030. The summed E-state index contributed by atoms with van der Waals surface area (Å²) < 4.78 is 1.80. The third-order valence-electron chi connectivity index (χ3n) is 4.17. The van der Waals surface area contributed by atoms with Crippen LogP contribution < -0.4 is 5.32 Å². The van der Waals surface area contributed by atoms with Crippen molar-refractivity contribution in [1.82, 2.24) is 14.8 Å². The van der Waals surface area contributed by atoms with Crippen LogP contribution >= 0.6 is 23.4 Å². The van der Waals surface area contributed by atoms with Gasteiger partial charge in [0.25, 0.3) is 0 Å². The van der Waals surface area contributed by atoms with Crippen LogP contribution in [0.25, 0.3) is 11.4 Å². The molecule has 3 rings (SSSR count). The minimum atomic E-state index is -0.443. The van der Waals surface area contributed by atoms with Gasteiger partial charge in [0.1, 0.15) is 0 Å². The molecular weight excluding hydrogens is 396 g/mol. The molecular formula is C20H19ClN4O2S. The molecule has 0 unspecified atom stereocenters. The van der Waals surface area contributed by atoms with E-state index in [-0.39, 0.29) is 11.7 Å². The highest BCUT2D eigenvalue weighted by molar-refractivity contribution is 8.00. The topological polar surface area (TPSA) is 76.9 Å². The minimum absolute atomic E-state index is 0.103. The molecule has 1 atom stereocenters. The van der Waals surface area contributed by atoms with Crippen LogP contribution in [0.2, 0.25) is 5.02 Å². The summed E-state index contributed by atoms with van der Waals surface area (Å²) in [5, 5.41) is 12.0. The van der Waals surface area contributed by atoms with Crippen LogP contribution in [0.1, 0.15) is 24.2 Å². The molecule has 1 heterocycles. The van der Waals surface area contributed by atoms with Gasteiger partial charge in [-0.15, -0.1) is 10.2 Å². The van der Waals surface area contributed by atoms with Gasteiger partial charge in [-0.1, -0.05) is 47.6 Å². The van der Waals surface area contributed by atoms with E-state index in [9.17, 15) is 9.59 Å². The number of hydrogen-bond acceptors (Lipinski definition) is 5. The molecule has 1 aromatic heterocycles. The van der Waals surface area contributed by atoms with Crippen LogP contribution in [0.4, 0.5) is 5.69 Å². The third-order valence-corrected chi connectivity index (χ3v) is 5.63. The van der Waals surface area contributed by atoms with Crippen LogP contribution in [-0.2, 0) is 11.8 Å². The number of benzene rings is 2. The molecule has 1 amide bonds. The first-order valence-electron chi connectivity index (χ1n) is 8.60. The van der Waals surface area contributed by atoms with Crippen LogP contribution in [-0.4, -0.2) is 31.7 Å². The summed E-state index contributed by atoms with van der Waals surface area (Å²) in [4.78, 5) is 24.3. The molecule has 8 heteroatoms. The van der Waals surface area contributed by atoms with Gasteiger partial charge >= 0.3 is 0 Å². The van der Waals surface area contributed by atoms with Gasteiger partial charge < -0.3 is 9.88 Å². The van der Waals surface area contributed by atoms with E-state index in [0.717, 1.165) is 5.56 Å². The van der Waals surface area contributed by atoms with Crippen molar-refractivity contribution in [1.29, 1.82) is 0 Å². The number of rotatable bonds is 6. The molecule has 1 N–H and O–H groups in total. The lowest BCUT2D eigenvalue weighted by Crippen LogP contribution is -2.23. The summed E-state index contributed by atoms with van der Waals surface area (Å²) in [6.07, 6.45) is 0. The summed E-state index contributed by atoms with van der Waals surface area (Å²) >= 11 is 7.53.